The van der Waals surface area contributed by atoms with Gasteiger partial charge in [-0.15, -0.1) is 0 Å². The molecule has 26 heavy (non-hydrogen) atoms. The molecule has 7 heteroatoms. The number of hydrogen-bond acceptors (Lipinski definition) is 5. The first-order valence-corrected chi connectivity index (χ1v) is 10.6. The number of aromatic nitrogens is 1. The molecule has 2 heterocycles. The summed E-state index contributed by atoms with van der Waals surface area (Å²) in [6, 6.07) is 5.92. The molecule has 2 aromatic heterocycles. The smallest absolute Gasteiger partial charge is 0.191 e. The van der Waals surface area contributed by atoms with Crippen molar-refractivity contribution in [1.29, 1.82) is 0 Å². The van der Waals surface area contributed by atoms with Gasteiger partial charge in [0, 0.05) is 37.2 Å². The van der Waals surface area contributed by atoms with E-state index in [4.69, 9.17) is 8.94 Å². The molecule has 0 aliphatic carbocycles. The summed E-state index contributed by atoms with van der Waals surface area (Å²) in [5.74, 6) is 4.03. The van der Waals surface area contributed by atoms with Crippen molar-refractivity contribution in [2.75, 3.05) is 25.1 Å². The third-order valence-corrected chi connectivity index (χ3v) is 4.83. The fraction of sp³-hybridized carbons (Fsp3) is 0.579. The Bertz CT molecular complexity index is 636. The predicted octanol–water partition coefficient (Wildman–Crippen LogP) is 3.81. The summed E-state index contributed by atoms with van der Waals surface area (Å²) < 4.78 is 10.8. The normalized spacial score (nSPS) is 11.9. The minimum Gasteiger partial charge on any atom is -0.469 e. The van der Waals surface area contributed by atoms with Crippen LogP contribution in [-0.2, 0) is 13.0 Å². The molecule has 0 spiro atoms. The lowest BCUT2D eigenvalue weighted by molar-refractivity contribution is 0.372. The van der Waals surface area contributed by atoms with Crippen LogP contribution >= 0.6 is 11.8 Å². The van der Waals surface area contributed by atoms with Crippen molar-refractivity contribution in [2.24, 2.45) is 4.99 Å². The molecule has 0 unspecified atom stereocenters. The summed E-state index contributed by atoms with van der Waals surface area (Å²) in [6.45, 7) is 6.45. The van der Waals surface area contributed by atoms with Gasteiger partial charge in [0.15, 0.2) is 11.7 Å². The van der Waals surface area contributed by atoms with Gasteiger partial charge in [-0.25, -0.2) is 4.99 Å². The molecule has 144 valence electrons. The third kappa shape index (κ3) is 6.78. The van der Waals surface area contributed by atoms with Gasteiger partial charge >= 0.3 is 0 Å². The van der Waals surface area contributed by atoms with Crippen LogP contribution in [0.2, 0.25) is 0 Å². The Morgan fingerprint density at radius 1 is 1.23 bits per heavy atom. The molecule has 2 rings (SSSR count). The van der Waals surface area contributed by atoms with Gasteiger partial charge in [-0.05, 0) is 31.2 Å². The number of thioether (sulfide) groups is 1. The molecule has 0 amide bonds. The van der Waals surface area contributed by atoms with E-state index >= 15 is 0 Å². The SMILES string of the molecule is CCC(CC)c1cc(CN=C(NCCSC)NCCc2ccco2)on1. The summed E-state index contributed by atoms with van der Waals surface area (Å²) in [4.78, 5) is 4.63. The van der Waals surface area contributed by atoms with Crippen molar-refractivity contribution in [2.45, 2.75) is 45.6 Å². The van der Waals surface area contributed by atoms with Crippen LogP contribution < -0.4 is 10.6 Å². The van der Waals surface area contributed by atoms with E-state index in [1.54, 1.807) is 18.0 Å². The first-order valence-electron chi connectivity index (χ1n) is 9.25. The number of nitrogens with one attached hydrogen (secondary N) is 2. The molecule has 0 fully saturated rings. The van der Waals surface area contributed by atoms with Crippen LogP contribution in [-0.4, -0.2) is 36.2 Å². The van der Waals surface area contributed by atoms with Crippen molar-refractivity contribution >= 4 is 17.7 Å². The Hall–Kier alpha value is -1.89. The average Bonchev–Trinajstić information content (AvgIpc) is 3.33. The summed E-state index contributed by atoms with van der Waals surface area (Å²) in [7, 11) is 0. The Balaban J connectivity index is 1.90. The highest BCUT2D eigenvalue weighted by atomic mass is 32.2. The monoisotopic (exact) mass is 378 g/mol. The molecular formula is C19H30N4O2S. The van der Waals surface area contributed by atoms with Crippen molar-refractivity contribution in [3.8, 4) is 0 Å². The highest BCUT2D eigenvalue weighted by Gasteiger charge is 2.12. The molecule has 0 saturated heterocycles. The number of rotatable bonds is 11. The van der Waals surface area contributed by atoms with E-state index in [0.717, 1.165) is 61.3 Å². The molecule has 2 aromatic rings. The fourth-order valence-electron chi connectivity index (χ4n) is 2.66. The van der Waals surface area contributed by atoms with Crippen LogP contribution in [0.3, 0.4) is 0 Å². The van der Waals surface area contributed by atoms with Gasteiger partial charge in [-0.2, -0.15) is 11.8 Å². The maximum absolute atomic E-state index is 5.46. The number of nitrogens with zero attached hydrogens (tertiary/aromatic N) is 2. The predicted molar refractivity (Wildman–Crippen MR) is 108 cm³/mol. The third-order valence-electron chi connectivity index (χ3n) is 4.22. The maximum Gasteiger partial charge on any atom is 0.191 e. The van der Waals surface area contributed by atoms with E-state index in [1.165, 1.54) is 0 Å². The quantitative estimate of drug-likeness (QED) is 0.352. The van der Waals surface area contributed by atoms with E-state index < -0.39 is 0 Å². The Kier molecular flexibility index (Phi) is 9.17. The fourth-order valence-corrected chi connectivity index (χ4v) is 2.97. The van der Waals surface area contributed by atoms with Crippen LogP contribution in [0, 0.1) is 0 Å². The summed E-state index contributed by atoms with van der Waals surface area (Å²) in [6.07, 6.45) is 6.75. The molecule has 2 N–H and O–H groups in total. The van der Waals surface area contributed by atoms with Crippen LogP contribution in [0.25, 0.3) is 0 Å². The molecule has 0 bridgehead atoms. The highest BCUT2D eigenvalue weighted by Crippen LogP contribution is 2.22. The Morgan fingerprint density at radius 2 is 2.04 bits per heavy atom. The van der Waals surface area contributed by atoms with Crippen LogP contribution in [0.15, 0.2) is 38.4 Å². The number of guanidine groups is 1. The molecular weight excluding hydrogens is 348 g/mol. The zero-order valence-electron chi connectivity index (χ0n) is 16.0. The van der Waals surface area contributed by atoms with Crippen LogP contribution in [0.4, 0.5) is 0 Å². The molecule has 0 atom stereocenters. The standard InChI is InChI=1S/C19H30N4O2S/c1-4-15(5-2)18-13-17(25-23-18)14-22-19(21-10-12-26-3)20-9-8-16-7-6-11-24-16/h6-7,11,13,15H,4-5,8-10,12,14H2,1-3H3,(H2,20,21,22). The lowest BCUT2D eigenvalue weighted by Crippen LogP contribution is -2.39. The molecule has 0 saturated carbocycles. The van der Waals surface area contributed by atoms with Gasteiger partial charge in [0.05, 0.1) is 12.0 Å². The minimum absolute atomic E-state index is 0.460. The van der Waals surface area contributed by atoms with E-state index in [9.17, 15) is 0 Å². The summed E-state index contributed by atoms with van der Waals surface area (Å²) in [5, 5.41) is 10.9. The van der Waals surface area contributed by atoms with Crippen molar-refractivity contribution in [3.05, 3.63) is 41.7 Å². The molecule has 0 aliphatic rings. The van der Waals surface area contributed by atoms with Gasteiger partial charge in [0.2, 0.25) is 0 Å². The maximum atomic E-state index is 5.46. The second-order valence-corrected chi connectivity index (χ2v) is 7.06. The first-order chi connectivity index (χ1) is 12.8. The lowest BCUT2D eigenvalue weighted by atomic mass is 9.99. The summed E-state index contributed by atoms with van der Waals surface area (Å²) in [5.41, 5.74) is 1.03. The van der Waals surface area contributed by atoms with E-state index in [-0.39, 0.29) is 0 Å². The van der Waals surface area contributed by atoms with Crippen molar-refractivity contribution < 1.29 is 8.94 Å². The van der Waals surface area contributed by atoms with Crippen molar-refractivity contribution in [1.82, 2.24) is 15.8 Å². The molecule has 0 aliphatic heterocycles. The van der Waals surface area contributed by atoms with E-state index in [1.807, 2.05) is 18.2 Å². The summed E-state index contributed by atoms with van der Waals surface area (Å²) >= 11 is 1.80. The number of hydrogen-bond donors (Lipinski definition) is 2. The molecule has 0 aromatic carbocycles. The van der Waals surface area contributed by atoms with Crippen molar-refractivity contribution in [3.63, 3.8) is 0 Å². The van der Waals surface area contributed by atoms with Gasteiger partial charge in [-0.3, -0.25) is 0 Å². The zero-order valence-corrected chi connectivity index (χ0v) is 16.8. The lowest BCUT2D eigenvalue weighted by Gasteiger charge is -2.11. The topological polar surface area (TPSA) is 75.6 Å². The highest BCUT2D eigenvalue weighted by molar-refractivity contribution is 7.98. The second kappa shape index (κ2) is 11.7. The first kappa shape index (κ1) is 20.4. The van der Waals surface area contributed by atoms with Crippen LogP contribution in [0.1, 0.15) is 49.8 Å². The average molecular weight is 379 g/mol. The van der Waals surface area contributed by atoms with Gasteiger partial charge < -0.3 is 19.6 Å². The second-order valence-electron chi connectivity index (χ2n) is 6.07. The minimum atomic E-state index is 0.460. The number of furan rings is 1. The van der Waals surface area contributed by atoms with Gasteiger partial charge in [-0.1, -0.05) is 19.0 Å². The van der Waals surface area contributed by atoms with Gasteiger partial charge in [0.25, 0.3) is 0 Å². The number of aliphatic imine (C=N–C) groups is 1. The molecule has 6 nitrogen and oxygen atoms in total. The zero-order chi connectivity index (χ0) is 18.6. The Labute approximate surface area is 160 Å². The largest absolute Gasteiger partial charge is 0.469 e. The van der Waals surface area contributed by atoms with E-state index in [2.05, 4.69) is 40.9 Å². The Morgan fingerprint density at radius 3 is 2.73 bits per heavy atom. The van der Waals surface area contributed by atoms with E-state index in [0.29, 0.717) is 12.5 Å². The van der Waals surface area contributed by atoms with Gasteiger partial charge in [0.1, 0.15) is 12.3 Å². The van der Waals surface area contributed by atoms with Crippen LogP contribution in [0.5, 0.6) is 0 Å². The molecule has 0 radical (unpaired) electrons.